The quantitative estimate of drug-likeness (QED) is 0.277. The van der Waals surface area contributed by atoms with Crippen LogP contribution in [0.15, 0.2) is 41.8 Å². The topological polar surface area (TPSA) is 165 Å². The normalized spacial score (nSPS) is 27.6. The molecule has 1 aromatic rings. The number of carboxylic acid groups (broad SMARTS) is 1. The number of carboxylic acids is 1. The summed E-state index contributed by atoms with van der Waals surface area (Å²) < 4.78 is 28.0. The fraction of sp³-hybridized carbons (Fsp3) is 0.647. The molecule has 4 amide bonds. The summed E-state index contributed by atoms with van der Waals surface area (Å²) in [6.45, 7) is 12.0. The van der Waals surface area contributed by atoms with E-state index in [0.717, 1.165) is 19.3 Å². The zero-order valence-corrected chi connectivity index (χ0v) is 28.7. The van der Waals surface area contributed by atoms with Gasteiger partial charge in [0.15, 0.2) is 0 Å². The minimum Gasteiger partial charge on any atom is -0.479 e. The minimum absolute atomic E-state index is 0.0508. The minimum atomic E-state index is -3.72. The SMILES string of the molecule is C=CC1C[C@]1(NC(=O)[C@@H]1CCCN1C(=O)[C@@H](NC(=O)NC(CN1Cc2ccccc2S1(=O)=O)C(C)(C)C)C1(C)CCCCC1)C(=O)O. The lowest BCUT2D eigenvalue weighted by molar-refractivity contribution is -0.146. The molecule has 0 radical (unpaired) electrons. The van der Waals surface area contributed by atoms with Crippen molar-refractivity contribution in [3.05, 3.63) is 42.5 Å². The van der Waals surface area contributed by atoms with Crippen molar-refractivity contribution in [2.45, 2.75) is 114 Å². The van der Waals surface area contributed by atoms with Gasteiger partial charge in [0.05, 0.1) is 4.90 Å². The van der Waals surface area contributed by atoms with Crippen molar-refractivity contribution in [3.8, 4) is 0 Å². The number of fused-ring (bicyclic) bond motifs is 1. The van der Waals surface area contributed by atoms with Crippen molar-refractivity contribution in [2.75, 3.05) is 13.1 Å². The Balaban J connectivity index is 1.34. The van der Waals surface area contributed by atoms with Crippen LogP contribution in [0.3, 0.4) is 0 Å². The van der Waals surface area contributed by atoms with Crippen molar-refractivity contribution in [1.29, 1.82) is 0 Å². The van der Waals surface area contributed by atoms with Crippen LogP contribution in [0.25, 0.3) is 0 Å². The maximum atomic E-state index is 14.4. The van der Waals surface area contributed by atoms with Gasteiger partial charge in [0.1, 0.15) is 17.6 Å². The predicted molar refractivity (Wildman–Crippen MR) is 175 cm³/mol. The number of urea groups is 1. The lowest BCUT2D eigenvalue weighted by atomic mass is 9.70. The highest BCUT2D eigenvalue weighted by molar-refractivity contribution is 7.89. The summed E-state index contributed by atoms with van der Waals surface area (Å²) in [5.41, 5.74) is -1.80. The molecule has 13 heteroatoms. The van der Waals surface area contributed by atoms with Gasteiger partial charge in [0, 0.05) is 31.6 Å². The molecule has 2 aliphatic carbocycles. The highest BCUT2D eigenvalue weighted by Gasteiger charge is 2.61. The highest BCUT2D eigenvalue weighted by atomic mass is 32.2. The molecule has 1 saturated heterocycles. The fourth-order valence-electron chi connectivity index (χ4n) is 7.50. The van der Waals surface area contributed by atoms with Crippen LogP contribution in [-0.2, 0) is 31.0 Å². The second-order valence-corrected chi connectivity index (χ2v) is 17.0. The maximum absolute atomic E-state index is 14.4. The molecule has 5 atom stereocenters. The van der Waals surface area contributed by atoms with E-state index in [1.54, 1.807) is 24.3 Å². The molecular formula is C34H49N5O7S. The molecule has 258 valence electrons. The molecule has 5 rings (SSSR count). The Bertz CT molecular complexity index is 1530. The number of benzene rings is 1. The van der Waals surface area contributed by atoms with Crippen molar-refractivity contribution in [2.24, 2.45) is 16.7 Å². The molecular weight excluding hydrogens is 622 g/mol. The number of hydrogen-bond acceptors (Lipinski definition) is 6. The first-order valence-electron chi connectivity index (χ1n) is 16.7. The van der Waals surface area contributed by atoms with Gasteiger partial charge < -0.3 is 26.0 Å². The van der Waals surface area contributed by atoms with E-state index in [0.29, 0.717) is 37.8 Å². The maximum Gasteiger partial charge on any atom is 0.330 e. The van der Waals surface area contributed by atoms with Gasteiger partial charge in [-0.2, -0.15) is 4.31 Å². The molecule has 1 aromatic carbocycles. The molecule has 2 heterocycles. The van der Waals surface area contributed by atoms with Gasteiger partial charge in [0.25, 0.3) is 0 Å². The molecule has 4 N–H and O–H groups in total. The summed E-state index contributed by atoms with van der Waals surface area (Å²) in [5, 5.41) is 18.5. The summed E-state index contributed by atoms with van der Waals surface area (Å²) >= 11 is 0. The average Bonchev–Trinajstić information content (AvgIpc) is 3.38. The first kappa shape index (κ1) is 34.9. The first-order valence-corrected chi connectivity index (χ1v) is 18.1. The summed E-state index contributed by atoms with van der Waals surface area (Å²) in [4.78, 5) is 55.5. The van der Waals surface area contributed by atoms with Crippen molar-refractivity contribution in [1.82, 2.24) is 25.2 Å². The molecule has 4 aliphatic rings. The lowest BCUT2D eigenvalue weighted by Crippen LogP contribution is -2.63. The van der Waals surface area contributed by atoms with Crippen LogP contribution in [0.1, 0.15) is 84.6 Å². The molecule has 0 bridgehead atoms. The van der Waals surface area contributed by atoms with Crippen LogP contribution in [0.5, 0.6) is 0 Å². The third-order valence-electron chi connectivity index (χ3n) is 10.8. The summed E-state index contributed by atoms with van der Waals surface area (Å²) in [6, 6.07) is 3.91. The highest BCUT2D eigenvalue weighted by Crippen LogP contribution is 2.45. The van der Waals surface area contributed by atoms with E-state index in [4.69, 9.17) is 0 Å². The van der Waals surface area contributed by atoms with Gasteiger partial charge in [-0.3, -0.25) is 9.59 Å². The van der Waals surface area contributed by atoms with Crippen LogP contribution >= 0.6 is 0 Å². The Hall–Kier alpha value is -3.45. The number of aliphatic carboxylic acids is 1. The Kier molecular flexibility index (Phi) is 9.55. The Labute approximate surface area is 277 Å². The van der Waals surface area contributed by atoms with Crippen LogP contribution < -0.4 is 16.0 Å². The lowest BCUT2D eigenvalue weighted by Gasteiger charge is -2.43. The third kappa shape index (κ3) is 6.78. The second kappa shape index (κ2) is 12.9. The monoisotopic (exact) mass is 671 g/mol. The predicted octanol–water partition coefficient (Wildman–Crippen LogP) is 3.38. The standard InChI is InChI=1S/C34H49N5O7S/c1-6-23-19-34(23,30(42)43)37-28(40)24-14-12-18-39(24)29(41)27(33(5)16-10-7-11-17-33)36-31(44)35-26(32(2,3)4)21-38-20-22-13-8-9-15-25(22)47(38,45)46/h6,8-9,13,15,23-24,26-27H,1,7,10-12,14,16-21H2,2-5H3,(H,37,40)(H,42,43)(H2,35,36,44)/t23?,24-,26?,27+,34+/m0/s1. The van der Waals surface area contributed by atoms with Gasteiger partial charge in [0.2, 0.25) is 21.8 Å². The Morgan fingerprint density at radius 2 is 1.77 bits per heavy atom. The number of amides is 4. The average molecular weight is 672 g/mol. The summed E-state index contributed by atoms with van der Waals surface area (Å²) in [7, 11) is -3.72. The Morgan fingerprint density at radius 1 is 1.09 bits per heavy atom. The number of carbonyl (C=O) groups excluding carboxylic acids is 3. The third-order valence-corrected chi connectivity index (χ3v) is 12.7. The van der Waals surface area contributed by atoms with Crippen molar-refractivity contribution >= 4 is 33.8 Å². The van der Waals surface area contributed by atoms with Gasteiger partial charge in [-0.25, -0.2) is 18.0 Å². The van der Waals surface area contributed by atoms with Crippen molar-refractivity contribution in [3.63, 3.8) is 0 Å². The molecule has 12 nitrogen and oxygen atoms in total. The van der Waals surface area contributed by atoms with Crippen LogP contribution in [0.4, 0.5) is 4.79 Å². The molecule has 0 aromatic heterocycles. The van der Waals surface area contributed by atoms with E-state index in [2.05, 4.69) is 22.5 Å². The van der Waals surface area contributed by atoms with Crippen LogP contribution in [0.2, 0.25) is 0 Å². The number of carbonyl (C=O) groups is 4. The molecule has 2 saturated carbocycles. The van der Waals surface area contributed by atoms with E-state index < -0.39 is 62.4 Å². The number of nitrogens with one attached hydrogen (secondary N) is 3. The van der Waals surface area contributed by atoms with Gasteiger partial charge in [-0.1, -0.05) is 71.2 Å². The first-order chi connectivity index (χ1) is 22.0. The second-order valence-electron chi connectivity index (χ2n) is 15.1. The smallest absolute Gasteiger partial charge is 0.330 e. The van der Waals surface area contributed by atoms with Crippen molar-refractivity contribution < 1.29 is 32.7 Å². The summed E-state index contributed by atoms with van der Waals surface area (Å²) in [5.74, 6) is -2.39. The number of nitrogens with zero attached hydrogens (tertiary/aromatic N) is 2. The molecule has 2 aliphatic heterocycles. The summed E-state index contributed by atoms with van der Waals surface area (Å²) in [6.07, 6.45) is 6.99. The molecule has 0 spiro atoms. The van der Waals surface area contributed by atoms with Gasteiger partial charge in [-0.05, 0) is 54.6 Å². The molecule has 3 fully saturated rings. The Morgan fingerprint density at radius 3 is 2.36 bits per heavy atom. The van der Waals surface area contributed by atoms with Crippen LogP contribution in [0, 0.1) is 16.7 Å². The van der Waals surface area contributed by atoms with E-state index in [1.165, 1.54) is 15.3 Å². The number of sulfonamides is 1. The number of rotatable bonds is 10. The zero-order valence-electron chi connectivity index (χ0n) is 27.9. The fourth-order valence-corrected chi connectivity index (χ4v) is 9.15. The molecule has 2 unspecified atom stereocenters. The van der Waals surface area contributed by atoms with E-state index in [-0.39, 0.29) is 36.2 Å². The number of likely N-dealkylation sites (tertiary alicyclic amines) is 1. The number of hydrogen-bond donors (Lipinski definition) is 4. The molecule has 47 heavy (non-hydrogen) atoms. The van der Waals surface area contributed by atoms with Gasteiger partial charge >= 0.3 is 12.0 Å². The largest absolute Gasteiger partial charge is 0.479 e. The van der Waals surface area contributed by atoms with Crippen LogP contribution in [-0.4, -0.2) is 83.3 Å². The van der Waals surface area contributed by atoms with E-state index >= 15 is 0 Å². The van der Waals surface area contributed by atoms with E-state index in [1.807, 2.05) is 27.7 Å². The zero-order chi connectivity index (χ0) is 34.4. The van der Waals surface area contributed by atoms with E-state index in [9.17, 15) is 32.7 Å². The van der Waals surface area contributed by atoms with Gasteiger partial charge in [-0.15, -0.1) is 6.58 Å².